The SMILES string of the molecule is CC(Sc1nncn1Cc1ccco1)C(=O)Nc1cccc2ccccc12. The summed E-state index contributed by atoms with van der Waals surface area (Å²) in [6.45, 7) is 2.39. The Morgan fingerprint density at radius 1 is 1.19 bits per heavy atom. The molecule has 7 heteroatoms. The van der Waals surface area contributed by atoms with Crippen LogP contribution < -0.4 is 5.32 Å². The van der Waals surface area contributed by atoms with Gasteiger partial charge in [0.2, 0.25) is 5.91 Å². The second-order valence-corrected chi connectivity index (χ2v) is 7.40. The number of carbonyl (C=O) groups excluding carboxylic acids is 1. The predicted molar refractivity (Wildman–Crippen MR) is 106 cm³/mol. The predicted octanol–water partition coefficient (Wildman–Crippen LogP) is 4.19. The highest BCUT2D eigenvalue weighted by molar-refractivity contribution is 8.00. The summed E-state index contributed by atoms with van der Waals surface area (Å²) >= 11 is 1.37. The summed E-state index contributed by atoms with van der Waals surface area (Å²) in [7, 11) is 0. The maximum Gasteiger partial charge on any atom is 0.237 e. The lowest BCUT2D eigenvalue weighted by Crippen LogP contribution is -2.23. The quantitative estimate of drug-likeness (QED) is 0.509. The molecule has 0 aliphatic heterocycles. The second-order valence-electron chi connectivity index (χ2n) is 6.10. The van der Waals surface area contributed by atoms with E-state index >= 15 is 0 Å². The monoisotopic (exact) mass is 378 g/mol. The molecule has 0 bridgehead atoms. The molecule has 4 rings (SSSR count). The number of thioether (sulfide) groups is 1. The van der Waals surface area contributed by atoms with E-state index in [9.17, 15) is 4.79 Å². The van der Waals surface area contributed by atoms with Gasteiger partial charge in [-0.05, 0) is 30.5 Å². The minimum atomic E-state index is -0.330. The van der Waals surface area contributed by atoms with Gasteiger partial charge in [0, 0.05) is 11.1 Å². The van der Waals surface area contributed by atoms with Crippen LogP contribution in [0.1, 0.15) is 12.7 Å². The highest BCUT2D eigenvalue weighted by Gasteiger charge is 2.19. The molecule has 6 nitrogen and oxygen atoms in total. The largest absolute Gasteiger partial charge is 0.467 e. The molecule has 0 saturated carbocycles. The molecule has 136 valence electrons. The lowest BCUT2D eigenvalue weighted by atomic mass is 10.1. The minimum absolute atomic E-state index is 0.0797. The Bertz CT molecular complexity index is 1050. The average Bonchev–Trinajstić information content (AvgIpc) is 3.35. The molecular formula is C20H18N4O2S. The number of carbonyl (C=O) groups is 1. The van der Waals surface area contributed by atoms with Crippen molar-refractivity contribution in [3.05, 3.63) is 72.9 Å². The number of hydrogen-bond donors (Lipinski definition) is 1. The number of aromatic nitrogens is 3. The van der Waals surface area contributed by atoms with Crippen molar-refractivity contribution in [1.82, 2.24) is 14.8 Å². The van der Waals surface area contributed by atoms with Crippen molar-refractivity contribution in [2.24, 2.45) is 0 Å². The van der Waals surface area contributed by atoms with Crippen LogP contribution in [0, 0.1) is 0 Å². The van der Waals surface area contributed by atoms with Gasteiger partial charge in [-0.15, -0.1) is 10.2 Å². The summed E-state index contributed by atoms with van der Waals surface area (Å²) in [6, 6.07) is 17.6. The zero-order valence-corrected chi connectivity index (χ0v) is 15.5. The Morgan fingerprint density at radius 2 is 2.04 bits per heavy atom. The van der Waals surface area contributed by atoms with E-state index < -0.39 is 0 Å². The maximum absolute atomic E-state index is 12.7. The van der Waals surface area contributed by atoms with Gasteiger partial charge in [-0.1, -0.05) is 48.2 Å². The summed E-state index contributed by atoms with van der Waals surface area (Å²) in [4.78, 5) is 12.7. The third-order valence-electron chi connectivity index (χ3n) is 4.19. The van der Waals surface area contributed by atoms with Crippen LogP contribution in [0.4, 0.5) is 5.69 Å². The number of furan rings is 1. The molecule has 2 aromatic heterocycles. The van der Waals surface area contributed by atoms with Crippen molar-refractivity contribution in [2.45, 2.75) is 23.9 Å². The first-order valence-corrected chi connectivity index (χ1v) is 9.44. The Balaban J connectivity index is 1.46. The smallest absolute Gasteiger partial charge is 0.237 e. The molecule has 0 fully saturated rings. The van der Waals surface area contributed by atoms with E-state index in [1.807, 2.05) is 66.1 Å². The van der Waals surface area contributed by atoms with E-state index in [1.54, 1.807) is 12.6 Å². The zero-order chi connectivity index (χ0) is 18.6. The second kappa shape index (κ2) is 7.67. The Morgan fingerprint density at radius 3 is 2.89 bits per heavy atom. The van der Waals surface area contributed by atoms with Crippen molar-refractivity contribution in [3.63, 3.8) is 0 Å². The highest BCUT2D eigenvalue weighted by atomic mass is 32.2. The van der Waals surface area contributed by atoms with Crippen molar-refractivity contribution < 1.29 is 9.21 Å². The fraction of sp³-hybridized carbons (Fsp3) is 0.150. The molecule has 1 atom stereocenters. The molecule has 4 aromatic rings. The van der Waals surface area contributed by atoms with Crippen LogP contribution in [0.25, 0.3) is 10.8 Å². The van der Waals surface area contributed by atoms with E-state index in [2.05, 4.69) is 15.5 Å². The molecule has 0 radical (unpaired) electrons. The van der Waals surface area contributed by atoms with Gasteiger partial charge in [0.15, 0.2) is 5.16 Å². The van der Waals surface area contributed by atoms with Gasteiger partial charge in [-0.2, -0.15) is 0 Å². The van der Waals surface area contributed by atoms with Gasteiger partial charge in [-0.3, -0.25) is 4.79 Å². The van der Waals surface area contributed by atoms with E-state index in [0.717, 1.165) is 22.2 Å². The Labute approximate surface area is 160 Å². The number of nitrogens with zero attached hydrogens (tertiary/aromatic N) is 3. The number of anilines is 1. The van der Waals surface area contributed by atoms with Crippen LogP contribution >= 0.6 is 11.8 Å². The van der Waals surface area contributed by atoms with Crippen molar-refractivity contribution in [2.75, 3.05) is 5.32 Å². The van der Waals surface area contributed by atoms with Gasteiger partial charge < -0.3 is 14.3 Å². The van der Waals surface area contributed by atoms with Gasteiger partial charge >= 0.3 is 0 Å². The summed E-state index contributed by atoms with van der Waals surface area (Å²) in [5.41, 5.74) is 0.808. The van der Waals surface area contributed by atoms with E-state index in [4.69, 9.17) is 4.42 Å². The van der Waals surface area contributed by atoms with Gasteiger partial charge in [0.05, 0.1) is 18.1 Å². The summed E-state index contributed by atoms with van der Waals surface area (Å²) in [5, 5.41) is 13.6. The molecule has 2 heterocycles. The van der Waals surface area contributed by atoms with E-state index in [0.29, 0.717) is 11.7 Å². The Kier molecular flexibility index (Phi) is 4.93. The lowest BCUT2D eigenvalue weighted by molar-refractivity contribution is -0.115. The average molecular weight is 378 g/mol. The number of nitrogens with one attached hydrogen (secondary N) is 1. The molecule has 27 heavy (non-hydrogen) atoms. The van der Waals surface area contributed by atoms with Crippen molar-refractivity contribution in [1.29, 1.82) is 0 Å². The summed E-state index contributed by atoms with van der Waals surface area (Å²) in [6.07, 6.45) is 3.27. The van der Waals surface area contributed by atoms with E-state index in [1.165, 1.54) is 11.8 Å². The van der Waals surface area contributed by atoms with Crippen molar-refractivity contribution >= 4 is 34.1 Å². The summed E-state index contributed by atoms with van der Waals surface area (Å²) < 4.78 is 7.24. The first-order valence-electron chi connectivity index (χ1n) is 8.56. The van der Waals surface area contributed by atoms with Crippen LogP contribution in [0.15, 0.2) is 76.8 Å². The molecule has 0 aliphatic carbocycles. The number of benzene rings is 2. The van der Waals surface area contributed by atoms with Crippen LogP contribution in [0.5, 0.6) is 0 Å². The van der Waals surface area contributed by atoms with Crippen LogP contribution in [-0.4, -0.2) is 25.9 Å². The van der Waals surface area contributed by atoms with Gasteiger partial charge in [0.25, 0.3) is 0 Å². The Hall–Kier alpha value is -3.06. The first-order chi connectivity index (χ1) is 13.2. The van der Waals surface area contributed by atoms with Crippen molar-refractivity contribution in [3.8, 4) is 0 Å². The third kappa shape index (κ3) is 3.88. The highest BCUT2D eigenvalue weighted by Crippen LogP contribution is 2.26. The number of rotatable bonds is 6. The van der Waals surface area contributed by atoms with Crippen LogP contribution in [0.3, 0.4) is 0 Å². The molecule has 0 spiro atoms. The van der Waals surface area contributed by atoms with E-state index in [-0.39, 0.29) is 11.2 Å². The molecule has 0 aliphatic rings. The normalized spacial score (nSPS) is 12.2. The van der Waals surface area contributed by atoms with Gasteiger partial charge in [0.1, 0.15) is 12.1 Å². The topological polar surface area (TPSA) is 73.0 Å². The fourth-order valence-corrected chi connectivity index (χ4v) is 3.62. The first kappa shape index (κ1) is 17.4. The van der Waals surface area contributed by atoms with Gasteiger partial charge in [-0.25, -0.2) is 0 Å². The molecule has 1 unspecified atom stereocenters. The maximum atomic E-state index is 12.7. The summed E-state index contributed by atoms with van der Waals surface area (Å²) in [5.74, 6) is 0.730. The number of amides is 1. The zero-order valence-electron chi connectivity index (χ0n) is 14.7. The minimum Gasteiger partial charge on any atom is -0.467 e. The number of hydrogen-bond acceptors (Lipinski definition) is 5. The van der Waals surface area contributed by atoms with Crippen LogP contribution in [0.2, 0.25) is 0 Å². The fourth-order valence-electron chi connectivity index (χ4n) is 2.79. The molecule has 1 amide bonds. The molecular weight excluding hydrogens is 360 g/mol. The lowest BCUT2D eigenvalue weighted by Gasteiger charge is -2.13. The standard InChI is InChI=1S/C20H18N4O2S/c1-14(27-20-23-21-13-24(20)12-16-8-5-11-26-16)19(25)22-18-10-4-7-15-6-2-3-9-17(15)18/h2-11,13-14H,12H2,1H3,(H,22,25). The molecule has 2 aromatic carbocycles. The molecule has 0 saturated heterocycles. The van der Waals surface area contributed by atoms with Crippen LogP contribution in [-0.2, 0) is 11.3 Å². The molecule has 1 N–H and O–H groups in total. The number of fused-ring (bicyclic) bond motifs is 1. The third-order valence-corrected chi connectivity index (χ3v) is 5.28.